The topological polar surface area (TPSA) is 40.5 Å². The molecule has 1 fully saturated rings. The summed E-state index contributed by atoms with van der Waals surface area (Å²) in [5, 5.41) is 17.6. The minimum absolute atomic E-state index is 0.163. The van der Waals surface area contributed by atoms with E-state index in [0.29, 0.717) is 5.92 Å². The molecule has 0 bridgehead atoms. The first-order valence-corrected chi connectivity index (χ1v) is 4.80. The summed E-state index contributed by atoms with van der Waals surface area (Å²) in [4.78, 5) is 0. The molecule has 70 valence electrons. The molecule has 0 saturated heterocycles. The van der Waals surface area contributed by atoms with Crippen LogP contribution in [0.5, 0.6) is 0 Å². The Morgan fingerprint density at radius 1 is 1.25 bits per heavy atom. The van der Waals surface area contributed by atoms with E-state index >= 15 is 0 Å². The highest BCUT2D eigenvalue weighted by atomic mass is 16.3. The molecule has 1 aliphatic carbocycles. The van der Waals surface area contributed by atoms with Gasteiger partial charge in [-0.2, -0.15) is 0 Å². The zero-order valence-corrected chi connectivity index (χ0v) is 7.45. The highest BCUT2D eigenvalue weighted by Gasteiger charge is 2.09. The van der Waals surface area contributed by atoms with Crippen LogP contribution in [-0.2, 0) is 0 Å². The Kier molecular flexibility index (Phi) is 4.33. The van der Waals surface area contributed by atoms with Crippen molar-refractivity contribution < 1.29 is 10.2 Å². The predicted octanol–water partition coefficient (Wildman–Crippen LogP) is 1.48. The van der Waals surface area contributed by atoms with Gasteiger partial charge in [-0.15, -0.1) is 0 Å². The van der Waals surface area contributed by atoms with Crippen LogP contribution in [0.2, 0.25) is 0 Å². The molecule has 1 rings (SSSR count). The van der Waals surface area contributed by atoms with E-state index in [1.54, 1.807) is 6.08 Å². The second-order valence-corrected chi connectivity index (χ2v) is 3.53. The monoisotopic (exact) mass is 170 g/mol. The van der Waals surface area contributed by atoms with Crippen LogP contribution in [0.4, 0.5) is 0 Å². The lowest BCUT2D eigenvalue weighted by molar-refractivity contribution is 0.130. The van der Waals surface area contributed by atoms with E-state index in [0.717, 1.165) is 0 Å². The summed E-state index contributed by atoms with van der Waals surface area (Å²) in [6.45, 7) is -0.163. The van der Waals surface area contributed by atoms with Crippen LogP contribution in [0.25, 0.3) is 0 Å². The maximum absolute atomic E-state index is 9.05. The summed E-state index contributed by atoms with van der Waals surface area (Å²) < 4.78 is 0. The van der Waals surface area contributed by atoms with E-state index in [9.17, 15) is 0 Å². The van der Waals surface area contributed by atoms with Crippen molar-refractivity contribution in [1.82, 2.24) is 0 Å². The first kappa shape index (κ1) is 9.75. The Labute approximate surface area is 73.9 Å². The minimum Gasteiger partial charge on any atom is -0.393 e. The molecule has 0 aromatic carbocycles. The molecule has 2 heteroatoms. The van der Waals surface area contributed by atoms with Crippen molar-refractivity contribution in [3.05, 3.63) is 12.2 Å². The zero-order valence-electron chi connectivity index (χ0n) is 7.45. The molecule has 0 heterocycles. The quantitative estimate of drug-likeness (QED) is 0.630. The maximum Gasteiger partial charge on any atom is 0.0951 e. The van der Waals surface area contributed by atoms with Gasteiger partial charge in [0.2, 0.25) is 0 Å². The van der Waals surface area contributed by atoms with Crippen molar-refractivity contribution in [2.75, 3.05) is 6.61 Å². The van der Waals surface area contributed by atoms with E-state index in [2.05, 4.69) is 6.08 Å². The molecule has 1 saturated carbocycles. The van der Waals surface area contributed by atoms with Gasteiger partial charge in [0.15, 0.2) is 0 Å². The highest BCUT2D eigenvalue weighted by Crippen LogP contribution is 2.24. The first-order chi connectivity index (χ1) is 5.83. The summed E-state index contributed by atoms with van der Waals surface area (Å²) >= 11 is 0. The molecule has 0 unspecified atom stereocenters. The first-order valence-electron chi connectivity index (χ1n) is 4.80. The van der Waals surface area contributed by atoms with Crippen LogP contribution < -0.4 is 0 Å². The van der Waals surface area contributed by atoms with Crippen LogP contribution in [0, 0.1) is 5.92 Å². The summed E-state index contributed by atoms with van der Waals surface area (Å²) in [5.41, 5.74) is 0. The number of hydrogen-bond acceptors (Lipinski definition) is 2. The van der Waals surface area contributed by atoms with E-state index < -0.39 is 6.10 Å². The largest absolute Gasteiger partial charge is 0.393 e. The van der Waals surface area contributed by atoms with Gasteiger partial charge >= 0.3 is 0 Å². The predicted molar refractivity (Wildman–Crippen MR) is 48.8 cm³/mol. The maximum atomic E-state index is 9.05. The normalized spacial score (nSPS) is 23.2. The van der Waals surface area contributed by atoms with Crippen molar-refractivity contribution in [2.45, 2.75) is 38.2 Å². The van der Waals surface area contributed by atoms with Crippen molar-refractivity contribution >= 4 is 0 Å². The van der Waals surface area contributed by atoms with Gasteiger partial charge in [0.05, 0.1) is 12.7 Å². The summed E-state index contributed by atoms with van der Waals surface area (Å²) in [6.07, 6.45) is 9.58. The number of aliphatic hydroxyl groups is 2. The highest BCUT2D eigenvalue weighted by molar-refractivity contribution is 4.93. The molecule has 0 aromatic rings. The van der Waals surface area contributed by atoms with Gasteiger partial charge in [-0.25, -0.2) is 0 Å². The van der Waals surface area contributed by atoms with Crippen LogP contribution >= 0.6 is 0 Å². The Morgan fingerprint density at radius 2 is 1.92 bits per heavy atom. The number of allylic oxidation sites excluding steroid dienone is 1. The van der Waals surface area contributed by atoms with Crippen molar-refractivity contribution in [3.63, 3.8) is 0 Å². The molecule has 1 aliphatic rings. The summed E-state index contributed by atoms with van der Waals surface area (Å²) in [7, 11) is 0. The van der Waals surface area contributed by atoms with Gasteiger partial charge in [-0.3, -0.25) is 0 Å². The van der Waals surface area contributed by atoms with Crippen LogP contribution in [0.1, 0.15) is 32.1 Å². The van der Waals surface area contributed by atoms with Gasteiger partial charge in [-0.1, -0.05) is 31.4 Å². The van der Waals surface area contributed by atoms with Crippen molar-refractivity contribution in [3.8, 4) is 0 Å². The summed E-state index contributed by atoms with van der Waals surface area (Å²) in [6, 6.07) is 0. The van der Waals surface area contributed by atoms with Gasteiger partial charge in [-0.05, 0) is 18.8 Å². The Balaban J connectivity index is 2.23. The third kappa shape index (κ3) is 3.37. The molecule has 0 spiro atoms. The zero-order chi connectivity index (χ0) is 8.81. The SMILES string of the molecule is OC[C@@H](O)/C=C/C1CCCCC1. The lowest BCUT2D eigenvalue weighted by Crippen LogP contribution is -2.09. The standard InChI is InChI=1S/C10H18O2/c11-8-10(12)7-6-9-4-2-1-3-5-9/h6-7,9-12H,1-5,8H2/b7-6+/t10-/m0/s1. The number of aliphatic hydroxyl groups excluding tert-OH is 2. The number of hydrogen-bond donors (Lipinski definition) is 2. The fraction of sp³-hybridized carbons (Fsp3) is 0.800. The van der Waals surface area contributed by atoms with Crippen LogP contribution in [0.15, 0.2) is 12.2 Å². The minimum atomic E-state index is -0.660. The third-order valence-corrected chi connectivity index (χ3v) is 2.44. The molecule has 0 aliphatic heterocycles. The third-order valence-electron chi connectivity index (χ3n) is 2.44. The smallest absolute Gasteiger partial charge is 0.0951 e. The fourth-order valence-electron chi connectivity index (χ4n) is 1.67. The lowest BCUT2D eigenvalue weighted by Gasteiger charge is -2.17. The van der Waals surface area contributed by atoms with Gasteiger partial charge < -0.3 is 10.2 Å². The molecule has 0 aromatic heterocycles. The van der Waals surface area contributed by atoms with E-state index in [1.807, 2.05) is 0 Å². The molecule has 2 N–H and O–H groups in total. The Bertz CT molecular complexity index is 137. The Hall–Kier alpha value is -0.340. The fourth-order valence-corrected chi connectivity index (χ4v) is 1.67. The van der Waals surface area contributed by atoms with Gasteiger partial charge in [0, 0.05) is 0 Å². The molecule has 0 radical (unpaired) electrons. The molecular weight excluding hydrogens is 152 g/mol. The van der Waals surface area contributed by atoms with Crippen molar-refractivity contribution in [2.24, 2.45) is 5.92 Å². The lowest BCUT2D eigenvalue weighted by atomic mass is 9.89. The van der Waals surface area contributed by atoms with Gasteiger partial charge in [0.1, 0.15) is 0 Å². The molecule has 0 amide bonds. The van der Waals surface area contributed by atoms with Crippen LogP contribution in [-0.4, -0.2) is 22.9 Å². The van der Waals surface area contributed by atoms with E-state index in [-0.39, 0.29) is 6.61 Å². The molecular formula is C10H18O2. The van der Waals surface area contributed by atoms with Gasteiger partial charge in [0.25, 0.3) is 0 Å². The second-order valence-electron chi connectivity index (χ2n) is 3.53. The van der Waals surface area contributed by atoms with E-state index in [4.69, 9.17) is 10.2 Å². The van der Waals surface area contributed by atoms with Crippen LogP contribution in [0.3, 0.4) is 0 Å². The second kappa shape index (κ2) is 5.33. The average molecular weight is 170 g/mol. The molecule has 12 heavy (non-hydrogen) atoms. The number of rotatable bonds is 3. The average Bonchev–Trinajstić information content (AvgIpc) is 2.16. The Morgan fingerprint density at radius 3 is 2.50 bits per heavy atom. The molecule has 2 nitrogen and oxygen atoms in total. The summed E-state index contributed by atoms with van der Waals surface area (Å²) in [5.74, 6) is 0.639. The molecule has 1 atom stereocenters. The van der Waals surface area contributed by atoms with E-state index in [1.165, 1.54) is 32.1 Å². The van der Waals surface area contributed by atoms with Crippen molar-refractivity contribution in [1.29, 1.82) is 0 Å².